The van der Waals surface area contributed by atoms with Crippen molar-refractivity contribution in [1.82, 2.24) is 9.13 Å². The Hall–Kier alpha value is -1.62. The quantitative estimate of drug-likeness (QED) is 0.194. The number of aromatic hydroxyl groups is 2. The summed E-state index contributed by atoms with van der Waals surface area (Å²) in [5, 5.41) is 21.3. The Morgan fingerprint density at radius 1 is 0.714 bits per heavy atom. The molecule has 0 unspecified atom stereocenters. The monoisotopic (exact) mass is 648 g/mol. The number of thioether (sulfide) groups is 2. The first-order valence-corrected chi connectivity index (χ1v) is 17.8. The van der Waals surface area contributed by atoms with Crippen LogP contribution in [0.4, 0.5) is 0 Å². The molecule has 0 radical (unpaired) electrons. The molecule has 2 aromatic heterocycles. The number of hydrogen-bond donors (Lipinski definition) is 2. The summed E-state index contributed by atoms with van der Waals surface area (Å²) >= 11 is 14.7. The normalized spacial score (nSPS) is 14.7. The molecular formula is C32H44N2O4S4. The zero-order valence-electron chi connectivity index (χ0n) is 25.3. The maximum Gasteiger partial charge on any atom is 0.254 e. The Morgan fingerprint density at radius 2 is 1.10 bits per heavy atom. The van der Waals surface area contributed by atoms with E-state index in [1.807, 2.05) is 0 Å². The number of nitrogens with zero attached hydrogens (tertiary/aromatic N) is 2. The molecule has 2 aromatic rings. The predicted molar refractivity (Wildman–Crippen MR) is 183 cm³/mol. The minimum Gasteiger partial charge on any atom is -0.494 e. The van der Waals surface area contributed by atoms with Crippen molar-refractivity contribution in [2.75, 3.05) is 11.5 Å². The molecule has 0 saturated heterocycles. The van der Waals surface area contributed by atoms with Crippen LogP contribution in [0.5, 0.6) is 11.8 Å². The molecule has 6 nitrogen and oxygen atoms in total. The lowest BCUT2D eigenvalue weighted by atomic mass is 9.82. The third-order valence-electron chi connectivity index (χ3n) is 8.77. The Labute approximate surface area is 268 Å². The SMILES string of the molecule is CC(C)(CCC(=S)CCC(=S)CCC(C)(C)CCn1c(O)c2c(cc1=O)SCC2)CCn1c(O)c2c(cc1=O)SCC2. The number of fused-ring (bicyclic) bond motifs is 2. The highest BCUT2D eigenvalue weighted by Crippen LogP contribution is 2.37. The van der Waals surface area contributed by atoms with Crippen molar-refractivity contribution in [3.63, 3.8) is 0 Å². The highest BCUT2D eigenvalue weighted by Gasteiger charge is 2.25. The zero-order valence-corrected chi connectivity index (χ0v) is 28.6. The number of aromatic nitrogens is 2. The first kappa shape index (κ1) is 33.3. The molecule has 4 rings (SSSR count). The van der Waals surface area contributed by atoms with E-state index in [0.29, 0.717) is 13.1 Å². The van der Waals surface area contributed by atoms with Gasteiger partial charge >= 0.3 is 0 Å². The van der Waals surface area contributed by atoms with Crippen molar-refractivity contribution < 1.29 is 10.2 Å². The van der Waals surface area contributed by atoms with Gasteiger partial charge in [-0.3, -0.25) is 18.7 Å². The summed E-state index contributed by atoms with van der Waals surface area (Å²) < 4.78 is 3.05. The van der Waals surface area contributed by atoms with E-state index >= 15 is 0 Å². The van der Waals surface area contributed by atoms with E-state index in [1.54, 1.807) is 35.7 Å². The lowest BCUT2D eigenvalue weighted by Crippen LogP contribution is -2.24. The van der Waals surface area contributed by atoms with Crippen LogP contribution in [0.3, 0.4) is 0 Å². The van der Waals surface area contributed by atoms with Crippen molar-refractivity contribution in [3.05, 3.63) is 44.0 Å². The summed E-state index contributed by atoms with van der Waals surface area (Å²) in [7, 11) is 0. The number of hydrogen-bond acceptors (Lipinski definition) is 8. The van der Waals surface area contributed by atoms with E-state index in [0.717, 1.165) is 106 Å². The van der Waals surface area contributed by atoms with Gasteiger partial charge in [-0.05, 0) is 84.8 Å². The maximum absolute atomic E-state index is 12.5. The third-order valence-corrected chi connectivity index (χ3v) is 11.8. The molecule has 0 atom stereocenters. The molecule has 0 amide bonds. The average Bonchev–Trinajstić information content (AvgIpc) is 3.59. The lowest BCUT2D eigenvalue weighted by molar-refractivity contribution is 0.280. The summed E-state index contributed by atoms with van der Waals surface area (Å²) in [6.45, 7) is 9.79. The Kier molecular flexibility index (Phi) is 11.1. The Bertz CT molecular complexity index is 1350. The lowest BCUT2D eigenvalue weighted by Gasteiger charge is -2.26. The van der Waals surface area contributed by atoms with Crippen LogP contribution in [0, 0.1) is 10.8 Å². The van der Waals surface area contributed by atoms with Gasteiger partial charge in [0.05, 0.1) is 0 Å². The highest BCUT2D eigenvalue weighted by molar-refractivity contribution is 7.99. The molecule has 0 fully saturated rings. The van der Waals surface area contributed by atoms with E-state index in [2.05, 4.69) is 27.7 Å². The van der Waals surface area contributed by atoms with E-state index in [-0.39, 0.29) is 33.7 Å². The molecule has 2 N–H and O–H groups in total. The molecule has 2 aliphatic heterocycles. The van der Waals surface area contributed by atoms with Crippen LogP contribution >= 0.6 is 48.0 Å². The molecule has 0 aliphatic carbocycles. The van der Waals surface area contributed by atoms with E-state index < -0.39 is 0 Å². The highest BCUT2D eigenvalue weighted by atomic mass is 32.2. The molecule has 10 heteroatoms. The van der Waals surface area contributed by atoms with Gasteiger partial charge < -0.3 is 10.2 Å². The zero-order chi connectivity index (χ0) is 30.7. The van der Waals surface area contributed by atoms with Crippen molar-refractivity contribution >= 4 is 57.7 Å². The Balaban J connectivity index is 1.17. The van der Waals surface area contributed by atoms with Crippen LogP contribution in [-0.4, -0.2) is 40.6 Å². The van der Waals surface area contributed by atoms with Gasteiger partial charge in [0.1, 0.15) is 0 Å². The van der Waals surface area contributed by atoms with Gasteiger partial charge in [-0.25, -0.2) is 0 Å². The topological polar surface area (TPSA) is 84.5 Å². The summed E-state index contributed by atoms with van der Waals surface area (Å²) in [5.74, 6) is 2.11. The number of thiocarbonyl (C=S) groups is 2. The van der Waals surface area contributed by atoms with Crippen LogP contribution in [0.25, 0.3) is 0 Å². The predicted octanol–water partition coefficient (Wildman–Crippen LogP) is 7.33. The fraction of sp³-hybridized carbons (Fsp3) is 0.625. The molecule has 0 spiro atoms. The molecule has 230 valence electrons. The molecule has 2 aliphatic rings. The first-order chi connectivity index (χ1) is 19.8. The molecule has 42 heavy (non-hydrogen) atoms. The summed E-state index contributed by atoms with van der Waals surface area (Å²) in [6, 6.07) is 3.33. The van der Waals surface area contributed by atoms with Crippen LogP contribution < -0.4 is 11.1 Å². The number of pyridine rings is 2. The van der Waals surface area contributed by atoms with Crippen molar-refractivity contribution in [2.45, 2.75) is 115 Å². The standard InChI is InChI=1S/C32H44N2O4S4/c1-31(2,13-15-33-27(35)19-25-23(29(33)37)9-17-41-25)11-7-21(39)5-6-22(40)8-12-32(3,4)14-16-34-28(36)20-26-24(30(34)38)10-18-42-26/h19-20,37-38H,5-18H2,1-4H3. The first-order valence-electron chi connectivity index (χ1n) is 15.0. The molecule has 0 saturated carbocycles. The van der Waals surface area contributed by atoms with Crippen molar-refractivity contribution in [3.8, 4) is 11.8 Å². The molecule has 0 aromatic carbocycles. The second-order valence-corrected chi connectivity index (χ2v) is 16.6. The fourth-order valence-electron chi connectivity index (χ4n) is 5.56. The fourth-order valence-corrected chi connectivity index (χ4v) is 8.12. The van der Waals surface area contributed by atoms with E-state index in [9.17, 15) is 19.8 Å². The van der Waals surface area contributed by atoms with Crippen LogP contribution in [0.15, 0.2) is 31.5 Å². The molecular weight excluding hydrogens is 605 g/mol. The van der Waals surface area contributed by atoms with Crippen molar-refractivity contribution in [2.24, 2.45) is 10.8 Å². The van der Waals surface area contributed by atoms with Gasteiger partial charge in [-0.2, -0.15) is 0 Å². The number of rotatable bonds is 15. The molecule has 4 heterocycles. The summed E-state index contributed by atoms with van der Waals surface area (Å²) in [6.07, 6.45) is 8.35. The van der Waals surface area contributed by atoms with Gasteiger partial charge in [0.2, 0.25) is 0 Å². The average molecular weight is 649 g/mol. The summed E-state index contributed by atoms with van der Waals surface area (Å²) in [5.41, 5.74) is 1.54. The van der Waals surface area contributed by atoms with Crippen LogP contribution in [0.2, 0.25) is 0 Å². The Morgan fingerprint density at radius 3 is 1.48 bits per heavy atom. The van der Waals surface area contributed by atoms with Gasteiger partial charge in [-0.1, -0.05) is 52.1 Å². The third kappa shape index (κ3) is 8.51. The minimum atomic E-state index is -0.127. The van der Waals surface area contributed by atoms with E-state index in [1.165, 1.54) is 9.13 Å². The van der Waals surface area contributed by atoms with Crippen LogP contribution in [-0.2, 0) is 25.9 Å². The van der Waals surface area contributed by atoms with Gasteiger partial charge in [0.25, 0.3) is 11.1 Å². The smallest absolute Gasteiger partial charge is 0.254 e. The van der Waals surface area contributed by atoms with Crippen LogP contribution in [0.1, 0.15) is 90.2 Å². The van der Waals surface area contributed by atoms with Gasteiger partial charge in [0.15, 0.2) is 11.8 Å². The maximum atomic E-state index is 12.5. The molecule has 0 bridgehead atoms. The second-order valence-electron chi connectivity index (χ2n) is 13.2. The second kappa shape index (κ2) is 14.0. The largest absolute Gasteiger partial charge is 0.494 e. The van der Waals surface area contributed by atoms with Crippen molar-refractivity contribution in [1.29, 1.82) is 0 Å². The minimum absolute atomic E-state index is 0.0116. The van der Waals surface area contributed by atoms with Gasteiger partial charge in [-0.15, -0.1) is 23.5 Å². The summed E-state index contributed by atoms with van der Waals surface area (Å²) in [4.78, 5) is 29.0. The van der Waals surface area contributed by atoms with Gasteiger partial charge in [0, 0.05) is 57.6 Å². The van der Waals surface area contributed by atoms with E-state index in [4.69, 9.17) is 24.4 Å².